The van der Waals surface area contributed by atoms with Gasteiger partial charge in [-0.2, -0.15) is 0 Å². The second-order valence-corrected chi connectivity index (χ2v) is 3.77. The van der Waals surface area contributed by atoms with Crippen molar-refractivity contribution in [3.8, 4) is 5.75 Å². The Morgan fingerprint density at radius 2 is 2.08 bits per heavy atom. The zero-order valence-electron chi connectivity index (χ0n) is 8.12. The molecule has 1 unspecified atom stereocenters. The highest BCUT2D eigenvalue weighted by Gasteiger charge is 2.12. The van der Waals surface area contributed by atoms with E-state index in [1.165, 1.54) is 0 Å². The molecule has 0 aliphatic carbocycles. The van der Waals surface area contributed by atoms with Gasteiger partial charge in [0.15, 0.2) is 0 Å². The van der Waals surface area contributed by atoms with Gasteiger partial charge in [0.1, 0.15) is 5.75 Å². The van der Waals surface area contributed by atoms with Gasteiger partial charge in [0.2, 0.25) is 0 Å². The van der Waals surface area contributed by atoms with Crippen molar-refractivity contribution < 1.29 is 4.74 Å². The SMILES string of the molecule is COc1cncc(C(Cl)C(C)C)c1. The normalized spacial score (nSPS) is 13.0. The van der Waals surface area contributed by atoms with Crippen molar-refractivity contribution in [3.63, 3.8) is 0 Å². The molecule has 72 valence electrons. The number of hydrogen-bond donors (Lipinski definition) is 0. The summed E-state index contributed by atoms with van der Waals surface area (Å²) in [6.45, 7) is 4.16. The topological polar surface area (TPSA) is 22.1 Å². The molecular formula is C10H14ClNO. The first kappa shape index (κ1) is 10.3. The van der Waals surface area contributed by atoms with Gasteiger partial charge in [-0.05, 0) is 17.5 Å². The summed E-state index contributed by atoms with van der Waals surface area (Å²) in [5.41, 5.74) is 1.01. The standard InChI is InChI=1S/C10H14ClNO/c1-7(2)10(11)8-4-9(13-3)6-12-5-8/h4-7,10H,1-3H3. The van der Waals surface area contributed by atoms with Crippen LogP contribution in [-0.2, 0) is 0 Å². The fraction of sp³-hybridized carbons (Fsp3) is 0.500. The number of alkyl halides is 1. The van der Waals surface area contributed by atoms with E-state index in [-0.39, 0.29) is 5.38 Å². The van der Waals surface area contributed by atoms with E-state index in [0.717, 1.165) is 11.3 Å². The van der Waals surface area contributed by atoms with Gasteiger partial charge in [-0.25, -0.2) is 0 Å². The molecule has 0 saturated carbocycles. The number of methoxy groups -OCH3 is 1. The minimum atomic E-state index is 0.00241. The molecule has 1 heterocycles. The zero-order chi connectivity index (χ0) is 9.84. The zero-order valence-corrected chi connectivity index (χ0v) is 8.88. The fourth-order valence-electron chi connectivity index (χ4n) is 1.08. The highest BCUT2D eigenvalue weighted by atomic mass is 35.5. The van der Waals surface area contributed by atoms with E-state index in [4.69, 9.17) is 16.3 Å². The van der Waals surface area contributed by atoms with Crippen LogP contribution in [0.3, 0.4) is 0 Å². The Balaban J connectivity index is 2.88. The minimum Gasteiger partial charge on any atom is -0.495 e. The van der Waals surface area contributed by atoms with E-state index in [2.05, 4.69) is 18.8 Å². The average molecular weight is 200 g/mol. The molecule has 0 aromatic carbocycles. The van der Waals surface area contributed by atoms with Gasteiger partial charge in [0.25, 0.3) is 0 Å². The predicted octanol–water partition coefficient (Wildman–Crippen LogP) is 3.03. The van der Waals surface area contributed by atoms with Gasteiger partial charge in [0.05, 0.1) is 18.7 Å². The van der Waals surface area contributed by atoms with Crippen molar-refractivity contribution in [1.29, 1.82) is 0 Å². The largest absolute Gasteiger partial charge is 0.495 e. The van der Waals surface area contributed by atoms with Crippen molar-refractivity contribution in [3.05, 3.63) is 24.0 Å². The summed E-state index contributed by atoms with van der Waals surface area (Å²) in [4.78, 5) is 4.05. The van der Waals surface area contributed by atoms with Crippen LogP contribution in [0.15, 0.2) is 18.5 Å². The number of nitrogens with zero attached hydrogens (tertiary/aromatic N) is 1. The summed E-state index contributed by atoms with van der Waals surface area (Å²) in [5, 5.41) is 0.00241. The maximum Gasteiger partial charge on any atom is 0.137 e. The van der Waals surface area contributed by atoms with Gasteiger partial charge in [-0.15, -0.1) is 11.6 Å². The maximum atomic E-state index is 6.17. The number of hydrogen-bond acceptors (Lipinski definition) is 2. The summed E-state index contributed by atoms with van der Waals surface area (Å²) in [6, 6.07) is 1.92. The first-order valence-corrected chi connectivity index (χ1v) is 4.71. The number of pyridine rings is 1. The van der Waals surface area contributed by atoms with Crippen LogP contribution in [0, 0.1) is 5.92 Å². The van der Waals surface area contributed by atoms with Crippen LogP contribution < -0.4 is 4.74 Å². The van der Waals surface area contributed by atoms with Crippen LogP contribution in [0.4, 0.5) is 0 Å². The minimum absolute atomic E-state index is 0.00241. The van der Waals surface area contributed by atoms with Gasteiger partial charge in [0, 0.05) is 6.20 Å². The van der Waals surface area contributed by atoms with Crippen molar-refractivity contribution in [2.75, 3.05) is 7.11 Å². The van der Waals surface area contributed by atoms with E-state index >= 15 is 0 Å². The number of aromatic nitrogens is 1. The Kier molecular flexibility index (Phi) is 3.55. The lowest BCUT2D eigenvalue weighted by Gasteiger charge is -2.13. The molecule has 0 radical (unpaired) electrons. The Morgan fingerprint density at radius 1 is 1.38 bits per heavy atom. The molecule has 0 amide bonds. The van der Waals surface area contributed by atoms with Crippen molar-refractivity contribution in [2.45, 2.75) is 19.2 Å². The Hall–Kier alpha value is -0.760. The summed E-state index contributed by atoms with van der Waals surface area (Å²) >= 11 is 6.17. The van der Waals surface area contributed by atoms with Crippen molar-refractivity contribution in [1.82, 2.24) is 4.98 Å². The van der Waals surface area contributed by atoms with Gasteiger partial charge >= 0.3 is 0 Å². The lowest BCUT2D eigenvalue weighted by atomic mass is 10.0. The molecule has 1 aromatic rings. The number of halogens is 1. The summed E-state index contributed by atoms with van der Waals surface area (Å²) < 4.78 is 5.06. The molecule has 0 bridgehead atoms. The molecule has 0 spiro atoms. The average Bonchev–Trinajstić information content (AvgIpc) is 2.16. The summed E-state index contributed by atoms with van der Waals surface area (Å²) in [5.74, 6) is 1.15. The van der Waals surface area contributed by atoms with Gasteiger partial charge in [-0.3, -0.25) is 4.98 Å². The van der Waals surface area contributed by atoms with Crippen molar-refractivity contribution >= 4 is 11.6 Å². The molecular weight excluding hydrogens is 186 g/mol. The van der Waals surface area contributed by atoms with Crippen LogP contribution in [-0.4, -0.2) is 12.1 Å². The third-order valence-electron chi connectivity index (χ3n) is 1.87. The molecule has 13 heavy (non-hydrogen) atoms. The molecule has 0 aliphatic rings. The van der Waals surface area contributed by atoms with E-state index in [0.29, 0.717) is 5.92 Å². The fourth-order valence-corrected chi connectivity index (χ4v) is 1.20. The lowest BCUT2D eigenvalue weighted by molar-refractivity contribution is 0.411. The smallest absolute Gasteiger partial charge is 0.137 e. The van der Waals surface area contributed by atoms with E-state index in [9.17, 15) is 0 Å². The molecule has 3 heteroatoms. The summed E-state index contributed by atoms with van der Waals surface area (Å²) in [7, 11) is 1.62. The number of ether oxygens (including phenoxy) is 1. The molecule has 0 saturated heterocycles. The first-order chi connectivity index (χ1) is 6.15. The van der Waals surface area contributed by atoms with Crippen LogP contribution in [0.1, 0.15) is 24.8 Å². The third kappa shape index (κ3) is 2.59. The summed E-state index contributed by atoms with van der Waals surface area (Å²) in [6.07, 6.45) is 3.45. The molecule has 1 aromatic heterocycles. The van der Waals surface area contributed by atoms with E-state index in [1.54, 1.807) is 19.5 Å². The quantitative estimate of drug-likeness (QED) is 0.699. The molecule has 2 nitrogen and oxygen atoms in total. The van der Waals surface area contributed by atoms with Crippen LogP contribution in [0.2, 0.25) is 0 Å². The second kappa shape index (κ2) is 4.47. The van der Waals surface area contributed by atoms with Gasteiger partial charge < -0.3 is 4.74 Å². The van der Waals surface area contributed by atoms with Crippen LogP contribution in [0.25, 0.3) is 0 Å². The molecule has 0 fully saturated rings. The number of rotatable bonds is 3. The van der Waals surface area contributed by atoms with E-state index in [1.807, 2.05) is 6.07 Å². The highest BCUT2D eigenvalue weighted by molar-refractivity contribution is 6.20. The Bertz CT molecular complexity index is 275. The lowest BCUT2D eigenvalue weighted by Crippen LogP contribution is -2.00. The Morgan fingerprint density at radius 3 is 2.62 bits per heavy atom. The third-order valence-corrected chi connectivity index (χ3v) is 2.63. The predicted molar refractivity (Wildman–Crippen MR) is 54.2 cm³/mol. The first-order valence-electron chi connectivity index (χ1n) is 4.28. The van der Waals surface area contributed by atoms with Crippen LogP contribution >= 0.6 is 11.6 Å². The monoisotopic (exact) mass is 199 g/mol. The van der Waals surface area contributed by atoms with Crippen LogP contribution in [0.5, 0.6) is 5.75 Å². The second-order valence-electron chi connectivity index (χ2n) is 3.30. The maximum absolute atomic E-state index is 6.17. The molecule has 1 atom stereocenters. The highest BCUT2D eigenvalue weighted by Crippen LogP contribution is 2.29. The van der Waals surface area contributed by atoms with E-state index < -0.39 is 0 Å². The molecule has 1 rings (SSSR count). The Labute approximate surface area is 83.9 Å². The molecule has 0 aliphatic heterocycles. The van der Waals surface area contributed by atoms with Gasteiger partial charge in [-0.1, -0.05) is 13.8 Å². The molecule has 0 N–H and O–H groups in total. The van der Waals surface area contributed by atoms with Crippen molar-refractivity contribution in [2.24, 2.45) is 5.92 Å².